The minimum Gasteiger partial charge on any atom is -0.296 e. The van der Waals surface area contributed by atoms with Gasteiger partial charge in [0.05, 0.1) is 6.54 Å². The Morgan fingerprint density at radius 3 is 2.59 bits per heavy atom. The van der Waals surface area contributed by atoms with Gasteiger partial charge in [0.25, 0.3) is 0 Å². The number of unbranched alkanes of at least 4 members (excludes halogenated alkanes) is 1. The van der Waals surface area contributed by atoms with Gasteiger partial charge >= 0.3 is 5.69 Å². The molecule has 194 valence electrons. The average molecular weight is 500 g/mol. The number of hydrogen-bond acceptors (Lipinski definition) is 5. The second-order valence-corrected chi connectivity index (χ2v) is 10.6. The molecule has 0 bridgehead atoms. The van der Waals surface area contributed by atoms with Crippen molar-refractivity contribution in [2.75, 3.05) is 0 Å². The minimum atomic E-state index is 0.117. The zero-order valence-corrected chi connectivity index (χ0v) is 22.1. The molecule has 37 heavy (non-hydrogen) atoms. The molecule has 2 unspecified atom stereocenters. The zero-order valence-electron chi connectivity index (χ0n) is 22.1. The van der Waals surface area contributed by atoms with Crippen LogP contribution in [0.25, 0.3) is 22.5 Å². The molecule has 8 heteroatoms. The van der Waals surface area contributed by atoms with Crippen LogP contribution in [0, 0.1) is 11.8 Å². The van der Waals surface area contributed by atoms with E-state index in [0.29, 0.717) is 24.2 Å². The molecule has 5 rings (SSSR count). The van der Waals surface area contributed by atoms with Crippen LogP contribution in [0.1, 0.15) is 76.6 Å². The van der Waals surface area contributed by atoms with Gasteiger partial charge in [0, 0.05) is 35.9 Å². The summed E-state index contributed by atoms with van der Waals surface area (Å²) in [6, 6.07) is 10.5. The van der Waals surface area contributed by atoms with Crippen LogP contribution in [0.3, 0.4) is 0 Å². The first-order valence-electron chi connectivity index (χ1n) is 13.6. The first kappa shape index (κ1) is 25.1. The molecular weight excluding hydrogens is 462 g/mol. The van der Waals surface area contributed by atoms with Gasteiger partial charge in [0.1, 0.15) is 0 Å². The highest BCUT2D eigenvalue weighted by atomic mass is 16.1. The summed E-state index contributed by atoms with van der Waals surface area (Å²) in [6.07, 6.45) is 13.7. The number of aromatic nitrogens is 7. The van der Waals surface area contributed by atoms with Gasteiger partial charge in [-0.3, -0.25) is 14.1 Å². The summed E-state index contributed by atoms with van der Waals surface area (Å²) in [4.78, 5) is 18.4. The lowest BCUT2D eigenvalue weighted by Crippen LogP contribution is -2.34. The summed E-state index contributed by atoms with van der Waals surface area (Å²) < 4.78 is 4.07. The Kier molecular flexibility index (Phi) is 7.63. The molecule has 0 aliphatic heterocycles. The van der Waals surface area contributed by atoms with Crippen molar-refractivity contribution in [3.05, 3.63) is 70.7 Å². The number of pyridine rings is 1. The van der Waals surface area contributed by atoms with Gasteiger partial charge in [-0.2, -0.15) is 0 Å². The van der Waals surface area contributed by atoms with Gasteiger partial charge in [-0.1, -0.05) is 64.3 Å². The molecule has 0 spiro atoms. The predicted molar refractivity (Wildman–Crippen MR) is 145 cm³/mol. The third-order valence-corrected chi connectivity index (χ3v) is 7.91. The van der Waals surface area contributed by atoms with Crippen LogP contribution < -0.4 is 5.69 Å². The lowest BCUT2D eigenvalue weighted by molar-refractivity contribution is 0.180. The Bertz CT molecular complexity index is 1350. The largest absolute Gasteiger partial charge is 0.328 e. The molecule has 1 saturated carbocycles. The fourth-order valence-corrected chi connectivity index (χ4v) is 5.87. The van der Waals surface area contributed by atoms with E-state index in [2.05, 4.69) is 69.3 Å². The maximum absolute atomic E-state index is 13.9. The van der Waals surface area contributed by atoms with Gasteiger partial charge in [-0.15, -0.1) is 5.10 Å². The van der Waals surface area contributed by atoms with Crippen LogP contribution in [-0.4, -0.2) is 34.7 Å². The van der Waals surface area contributed by atoms with Crippen LogP contribution in [0.5, 0.6) is 0 Å². The van der Waals surface area contributed by atoms with E-state index >= 15 is 0 Å². The van der Waals surface area contributed by atoms with Crippen molar-refractivity contribution in [1.29, 1.82) is 0 Å². The van der Waals surface area contributed by atoms with Gasteiger partial charge in [0.15, 0.2) is 5.82 Å². The summed E-state index contributed by atoms with van der Waals surface area (Å²) in [5.41, 5.74) is 5.36. The highest BCUT2D eigenvalue weighted by molar-refractivity contribution is 5.69. The fourth-order valence-electron chi connectivity index (χ4n) is 5.87. The van der Waals surface area contributed by atoms with Crippen molar-refractivity contribution >= 4 is 0 Å². The Morgan fingerprint density at radius 1 is 1.08 bits per heavy atom. The summed E-state index contributed by atoms with van der Waals surface area (Å²) in [7, 11) is 0. The molecule has 1 fully saturated rings. The van der Waals surface area contributed by atoms with Crippen LogP contribution in [0.4, 0.5) is 0 Å². The molecule has 0 saturated heterocycles. The van der Waals surface area contributed by atoms with E-state index < -0.39 is 0 Å². The fraction of sp³-hybridized carbons (Fsp3) is 0.483. The maximum atomic E-state index is 13.9. The highest BCUT2D eigenvalue weighted by Gasteiger charge is 2.31. The number of aromatic amines is 1. The average Bonchev–Trinajstić information content (AvgIpc) is 3.57. The molecule has 3 heterocycles. The summed E-state index contributed by atoms with van der Waals surface area (Å²) in [5.74, 6) is 1.76. The van der Waals surface area contributed by atoms with Crippen molar-refractivity contribution in [3.63, 3.8) is 0 Å². The molecule has 1 aliphatic carbocycles. The summed E-state index contributed by atoms with van der Waals surface area (Å²) in [5, 5.41) is 14.1. The number of tetrazole rings is 1. The van der Waals surface area contributed by atoms with E-state index in [1.165, 1.54) is 19.3 Å². The van der Waals surface area contributed by atoms with Gasteiger partial charge in [0.2, 0.25) is 0 Å². The second-order valence-electron chi connectivity index (χ2n) is 10.6. The number of imidazole rings is 1. The topological polar surface area (TPSA) is 94.3 Å². The number of hydrogen-bond donors (Lipinski definition) is 1. The maximum Gasteiger partial charge on any atom is 0.328 e. The number of benzene rings is 1. The molecule has 0 radical (unpaired) electrons. The van der Waals surface area contributed by atoms with Crippen LogP contribution in [-0.2, 0) is 13.0 Å². The quantitative estimate of drug-likeness (QED) is 0.320. The zero-order chi connectivity index (χ0) is 25.8. The molecule has 1 N–H and O–H groups in total. The Balaban J connectivity index is 1.50. The first-order valence-corrected chi connectivity index (χ1v) is 13.6. The molecular formula is C29H37N7O. The van der Waals surface area contributed by atoms with Gasteiger partial charge in [-0.05, 0) is 70.7 Å². The molecule has 2 atom stereocenters. The molecule has 3 aromatic heterocycles. The van der Waals surface area contributed by atoms with Gasteiger partial charge < -0.3 is 0 Å². The van der Waals surface area contributed by atoms with Crippen LogP contribution >= 0.6 is 0 Å². The second kappa shape index (κ2) is 11.2. The Hall–Kier alpha value is -3.55. The number of aryl methyl sites for hydroxylation is 1. The number of rotatable bonds is 9. The van der Waals surface area contributed by atoms with Gasteiger partial charge in [-0.25, -0.2) is 9.89 Å². The normalized spacial score (nSPS) is 17.9. The SMILES string of the molecule is CCCCc1cn(C2CCCCC2C(C)C)c(=O)n1Cc1cnccc1-c1ccc(-c2nnn[nH]2)cc1. The van der Waals surface area contributed by atoms with Crippen molar-refractivity contribution in [2.24, 2.45) is 11.8 Å². The Morgan fingerprint density at radius 2 is 1.86 bits per heavy atom. The third kappa shape index (κ3) is 5.29. The van der Waals surface area contributed by atoms with E-state index in [0.717, 1.165) is 53.6 Å². The van der Waals surface area contributed by atoms with Crippen molar-refractivity contribution < 1.29 is 0 Å². The van der Waals surface area contributed by atoms with Crippen LogP contribution in [0.2, 0.25) is 0 Å². The lowest BCUT2D eigenvalue weighted by Gasteiger charge is -2.34. The van der Waals surface area contributed by atoms with E-state index in [9.17, 15) is 4.79 Å². The smallest absolute Gasteiger partial charge is 0.296 e. The molecule has 1 aromatic carbocycles. The standard InChI is InChI=1S/C29H37N7O/c1-4-5-8-24-19-36(27-10-7-6-9-25(27)20(2)3)29(37)35(24)18-23-17-30-16-15-26(23)21-11-13-22(14-12-21)28-31-33-34-32-28/h11-17,19-20,25,27H,4-10,18H2,1-3H3,(H,31,32,33,34). The highest BCUT2D eigenvalue weighted by Crippen LogP contribution is 2.38. The van der Waals surface area contributed by atoms with E-state index in [-0.39, 0.29) is 11.7 Å². The predicted octanol–water partition coefficient (Wildman–Crippen LogP) is 5.67. The summed E-state index contributed by atoms with van der Waals surface area (Å²) in [6.45, 7) is 7.32. The molecule has 4 aromatic rings. The van der Waals surface area contributed by atoms with E-state index in [4.69, 9.17) is 0 Å². The van der Waals surface area contributed by atoms with E-state index in [1.54, 1.807) is 0 Å². The number of nitrogens with one attached hydrogen (secondary N) is 1. The summed E-state index contributed by atoms with van der Waals surface area (Å²) >= 11 is 0. The minimum absolute atomic E-state index is 0.117. The third-order valence-electron chi connectivity index (χ3n) is 7.91. The van der Waals surface area contributed by atoms with Crippen LogP contribution in [0.15, 0.2) is 53.7 Å². The number of H-pyrrole nitrogens is 1. The Labute approximate surface area is 218 Å². The van der Waals surface area contributed by atoms with Crippen molar-refractivity contribution in [1.82, 2.24) is 34.7 Å². The molecule has 0 amide bonds. The van der Waals surface area contributed by atoms with Crippen molar-refractivity contribution in [2.45, 2.75) is 78.3 Å². The number of nitrogens with zero attached hydrogens (tertiary/aromatic N) is 6. The molecule has 8 nitrogen and oxygen atoms in total. The van der Waals surface area contributed by atoms with Crippen molar-refractivity contribution in [3.8, 4) is 22.5 Å². The molecule has 1 aliphatic rings. The monoisotopic (exact) mass is 499 g/mol. The lowest BCUT2D eigenvalue weighted by atomic mass is 9.78. The first-order chi connectivity index (χ1) is 18.1. The van der Waals surface area contributed by atoms with E-state index in [1.807, 2.05) is 35.2 Å².